The van der Waals surface area contributed by atoms with Gasteiger partial charge in [0.15, 0.2) is 11.6 Å². The summed E-state index contributed by atoms with van der Waals surface area (Å²) in [6, 6.07) is 13.4. The Morgan fingerprint density at radius 2 is 1.83 bits per heavy atom. The molecule has 0 spiro atoms. The van der Waals surface area contributed by atoms with E-state index >= 15 is 0 Å². The van der Waals surface area contributed by atoms with E-state index < -0.39 is 17.6 Å². The monoisotopic (exact) mass is 344 g/mol. The number of hydrogen-bond acceptors (Lipinski definition) is 3. The Labute approximate surface area is 142 Å². The van der Waals surface area contributed by atoms with Crippen molar-refractivity contribution in [3.63, 3.8) is 0 Å². The van der Waals surface area contributed by atoms with Crippen molar-refractivity contribution in [1.82, 2.24) is 0 Å². The molecule has 0 fully saturated rings. The fourth-order valence-corrected chi connectivity index (χ4v) is 3.47. The van der Waals surface area contributed by atoms with Crippen LogP contribution in [-0.2, 0) is 4.74 Å². The van der Waals surface area contributed by atoms with Crippen molar-refractivity contribution < 1.29 is 18.3 Å². The number of ether oxygens (including phenoxy) is 1. The molecule has 3 rings (SSSR count). The van der Waals surface area contributed by atoms with Crippen molar-refractivity contribution in [1.29, 1.82) is 0 Å². The first-order chi connectivity index (χ1) is 11.6. The molecule has 5 heteroatoms. The Morgan fingerprint density at radius 1 is 1.08 bits per heavy atom. The van der Waals surface area contributed by atoms with Crippen molar-refractivity contribution >= 4 is 17.3 Å². The summed E-state index contributed by atoms with van der Waals surface area (Å²) in [6.07, 6.45) is 0. The van der Waals surface area contributed by atoms with E-state index in [1.165, 1.54) is 17.4 Å². The maximum absolute atomic E-state index is 14.5. The van der Waals surface area contributed by atoms with Gasteiger partial charge in [-0.05, 0) is 36.1 Å². The molecule has 2 aromatic carbocycles. The van der Waals surface area contributed by atoms with Crippen LogP contribution in [0.25, 0.3) is 21.6 Å². The maximum atomic E-state index is 14.5. The zero-order chi connectivity index (χ0) is 17.1. The van der Waals surface area contributed by atoms with Crippen LogP contribution in [0.4, 0.5) is 8.78 Å². The van der Waals surface area contributed by atoms with Gasteiger partial charge in [-0.3, -0.25) is 0 Å². The lowest BCUT2D eigenvalue weighted by Gasteiger charge is -2.11. The predicted octanol–water partition coefficient (Wildman–Crippen LogP) is 5.54. The molecule has 122 valence electrons. The molecule has 0 aliphatic rings. The maximum Gasteiger partial charge on any atom is 0.338 e. The third kappa shape index (κ3) is 2.95. The minimum Gasteiger partial charge on any atom is -0.462 e. The molecule has 0 unspecified atom stereocenters. The molecule has 0 N–H and O–H groups in total. The Bertz CT molecular complexity index is 872. The summed E-state index contributed by atoms with van der Waals surface area (Å²) < 4.78 is 33.3. The fourth-order valence-electron chi connectivity index (χ4n) is 2.50. The molecule has 0 saturated heterocycles. The van der Waals surface area contributed by atoms with Gasteiger partial charge in [0.1, 0.15) is 0 Å². The third-order valence-electron chi connectivity index (χ3n) is 3.57. The quantitative estimate of drug-likeness (QED) is 0.581. The Morgan fingerprint density at radius 3 is 2.54 bits per heavy atom. The molecule has 0 radical (unpaired) electrons. The van der Waals surface area contributed by atoms with Gasteiger partial charge in [0.05, 0.1) is 12.2 Å². The number of esters is 1. The lowest BCUT2D eigenvalue weighted by Crippen LogP contribution is -2.08. The van der Waals surface area contributed by atoms with Crippen molar-refractivity contribution in [3.05, 3.63) is 71.1 Å². The second-order valence-corrected chi connectivity index (χ2v) is 5.95. The van der Waals surface area contributed by atoms with E-state index in [1.807, 2.05) is 36.4 Å². The van der Waals surface area contributed by atoms with Gasteiger partial charge in [-0.2, -0.15) is 0 Å². The van der Waals surface area contributed by atoms with Gasteiger partial charge < -0.3 is 4.74 Å². The van der Waals surface area contributed by atoms with Crippen LogP contribution in [0.5, 0.6) is 0 Å². The van der Waals surface area contributed by atoms with E-state index in [1.54, 1.807) is 12.3 Å². The number of carbonyl (C=O) groups is 1. The van der Waals surface area contributed by atoms with Crippen LogP contribution in [-0.4, -0.2) is 12.6 Å². The number of rotatable bonds is 4. The highest BCUT2D eigenvalue weighted by atomic mass is 32.1. The molecule has 3 aromatic rings. The average Bonchev–Trinajstić information content (AvgIpc) is 3.07. The smallest absolute Gasteiger partial charge is 0.338 e. The van der Waals surface area contributed by atoms with Gasteiger partial charge in [0.25, 0.3) is 0 Å². The van der Waals surface area contributed by atoms with E-state index in [9.17, 15) is 13.6 Å². The van der Waals surface area contributed by atoms with E-state index in [-0.39, 0.29) is 17.7 Å². The first-order valence-electron chi connectivity index (χ1n) is 7.42. The van der Waals surface area contributed by atoms with Gasteiger partial charge >= 0.3 is 5.97 Å². The fraction of sp³-hybridized carbons (Fsp3) is 0.105. The van der Waals surface area contributed by atoms with E-state index in [2.05, 4.69) is 0 Å². The van der Waals surface area contributed by atoms with Gasteiger partial charge in [-0.1, -0.05) is 30.3 Å². The molecule has 0 amide bonds. The summed E-state index contributed by atoms with van der Waals surface area (Å²) in [7, 11) is 0. The second-order valence-electron chi connectivity index (χ2n) is 5.03. The van der Waals surface area contributed by atoms with Crippen molar-refractivity contribution in [2.75, 3.05) is 6.61 Å². The first kappa shape index (κ1) is 16.3. The SMILES string of the molecule is CCOC(=O)c1ccc(F)c(F)c1-c1sccc1-c1ccccc1. The molecule has 0 aliphatic heterocycles. The lowest BCUT2D eigenvalue weighted by atomic mass is 9.98. The Hall–Kier alpha value is -2.53. The number of hydrogen-bond donors (Lipinski definition) is 0. The van der Waals surface area contributed by atoms with Gasteiger partial charge in [-0.25, -0.2) is 13.6 Å². The zero-order valence-corrected chi connectivity index (χ0v) is 13.7. The molecule has 0 bridgehead atoms. The standard InChI is InChI=1S/C19H14F2O2S/c1-2-23-19(22)14-8-9-15(20)17(21)16(14)18-13(10-11-24-18)12-6-4-3-5-7-12/h3-11H,2H2,1H3. The van der Waals surface area contributed by atoms with Crippen LogP contribution in [0, 0.1) is 11.6 Å². The molecule has 0 atom stereocenters. The highest BCUT2D eigenvalue weighted by Gasteiger charge is 2.24. The van der Waals surface area contributed by atoms with E-state index in [4.69, 9.17) is 4.74 Å². The van der Waals surface area contributed by atoms with Crippen molar-refractivity contribution in [2.45, 2.75) is 6.92 Å². The highest BCUT2D eigenvalue weighted by molar-refractivity contribution is 7.14. The summed E-state index contributed by atoms with van der Waals surface area (Å²) in [5.41, 5.74) is 1.58. The average molecular weight is 344 g/mol. The molecular formula is C19H14F2O2S. The summed E-state index contributed by atoms with van der Waals surface area (Å²) in [6.45, 7) is 1.82. The van der Waals surface area contributed by atoms with Crippen LogP contribution >= 0.6 is 11.3 Å². The van der Waals surface area contributed by atoms with Crippen molar-refractivity contribution in [3.8, 4) is 21.6 Å². The lowest BCUT2D eigenvalue weighted by molar-refractivity contribution is 0.0526. The first-order valence-corrected chi connectivity index (χ1v) is 8.29. The minimum absolute atomic E-state index is 0.0235. The van der Waals surface area contributed by atoms with Crippen LogP contribution < -0.4 is 0 Å². The Balaban J connectivity index is 2.22. The molecule has 24 heavy (non-hydrogen) atoms. The van der Waals surface area contributed by atoms with Crippen LogP contribution in [0.15, 0.2) is 53.9 Å². The molecule has 1 heterocycles. The van der Waals surface area contributed by atoms with Gasteiger partial charge in [-0.15, -0.1) is 11.3 Å². The number of carbonyl (C=O) groups excluding carboxylic acids is 1. The highest BCUT2D eigenvalue weighted by Crippen LogP contribution is 2.40. The summed E-state index contributed by atoms with van der Waals surface area (Å²) in [4.78, 5) is 12.7. The number of halogens is 2. The molecular weight excluding hydrogens is 330 g/mol. The summed E-state index contributed by atoms with van der Waals surface area (Å²) >= 11 is 1.26. The third-order valence-corrected chi connectivity index (χ3v) is 4.50. The van der Waals surface area contributed by atoms with Crippen molar-refractivity contribution in [2.24, 2.45) is 0 Å². The van der Waals surface area contributed by atoms with Crippen LogP contribution in [0.2, 0.25) is 0 Å². The minimum atomic E-state index is -1.04. The van der Waals surface area contributed by atoms with Gasteiger partial charge in [0, 0.05) is 16.0 Å². The zero-order valence-electron chi connectivity index (χ0n) is 12.9. The summed E-state index contributed by atoms with van der Waals surface area (Å²) in [5.74, 6) is -2.70. The predicted molar refractivity (Wildman–Crippen MR) is 91.1 cm³/mol. The number of benzene rings is 2. The molecule has 1 aromatic heterocycles. The van der Waals surface area contributed by atoms with E-state index in [0.717, 1.165) is 17.2 Å². The van der Waals surface area contributed by atoms with E-state index in [0.29, 0.717) is 4.88 Å². The second kappa shape index (κ2) is 6.93. The summed E-state index contributed by atoms with van der Waals surface area (Å²) in [5, 5.41) is 1.79. The topological polar surface area (TPSA) is 26.3 Å². The van der Waals surface area contributed by atoms with Crippen LogP contribution in [0.3, 0.4) is 0 Å². The molecule has 0 saturated carbocycles. The van der Waals surface area contributed by atoms with Gasteiger partial charge in [0.2, 0.25) is 0 Å². The number of thiophene rings is 1. The molecule has 2 nitrogen and oxygen atoms in total. The molecule has 0 aliphatic carbocycles. The normalized spacial score (nSPS) is 10.6. The Kier molecular flexibility index (Phi) is 4.71. The largest absolute Gasteiger partial charge is 0.462 e. The van der Waals surface area contributed by atoms with Crippen LogP contribution in [0.1, 0.15) is 17.3 Å².